The average Bonchev–Trinajstić information content (AvgIpc) is 2.97. The number of hydrogen-bond acceptors (Lipinski definition) is 4. The second-order valence-electron chi connectivity index (χ2n) is 5.93. The van der Waals surface area contributed by atoms with Crippen LogP contribution >= 0.6 is 11.6 Å². The molecule has 25 heavy (non-hydrogen) atoms. The van der Waals surface area contributed by atoms with Crippen LogP contribution in [0.3, 0.4) is 0 Å². The molecule has 0 N–H and O–H groups in total. The predicted molar refractivity (Wildman–Crippen MR) is 96.1 cm³/mol. The topological polar surface area (TPSA) is 57.0 Å². The van der Waals surface area contributed by atoms with Crippen molar-refractivity contribution in [3.8, 4) is 5.69 Å². The molecule has 0 spiro atoms. The van der Waals surface area contributed by atoms with Crippen LogP contribution in [-0.4, -0.2) is 21.0 Å². The maximum absolute atomic E-state index is 12.3. The number of hydrogen-bond donors (Lipinski definition) is 0. The number of carbonyl (C=O) groups excluding carboxylic acids is 1. The molecule has 5 nitrogen and oxygen atoms in total. The van der Waals surface area contributed by atoms with Crippen molar-refractivity contribution >= 4 is 17.6 Å². The van der Waals surface area contributed by atoms with Gasteiger partial charge in [-0.05, 0) is 44.0 Å². The number of benzene rings is 2. The van der Waals surface area contributed by atoms with E-state index in [1.54, 1.807) is 17.7 Å². The lowest BCUT2D eigenvalue weighted by molar-refractivity contribution is 0.0464. The van der Waals surface area contributed by atoms with E-state index < -0.39 is 5.97 Å². The van der Waals surface area contributed by atoms with E-state index in [9.17, 15) is 4.79 Å². The third-order valence-electron chi connectivity index (χ3n) is 3.94. The fourth-order valence-electron chi connectivity index (χ4n) is 2.50. The Balaban J connectivity index is 1.78. The molecule has 0 aliphatic rings. The predicted octanol–water partition coefficient (Wildman–Crippen LogP) is 4.20. The van der Waals surface area contributed by atoms with Gasteiger partial charge in [0.2, 0.25) is 0 Å². The van der Waals surface area contributed by atoms with Gasteiger partial charge in [-0.3, -0.25) is 0 Å². The zero-order valence-electron chi connectivity index (χ0n) is 14.3. The number of halogens is 1. The molecule has 1 heterocycles. The van der Waals surface area contributed by atoms with Gasteiger partial charge in [-0.25, -0.2) is 9.48 Å². The zero-order chi connectivity index (χ0) is 18.0. The summed E-state index contributed by atoms with van der Waals surface area (Å²) in [4.78, 5) is 12.3. The molecule has 0 unspecified atom stereocenters. The summed E-state index contributed by atoms with van der Waals surface area (Å²) in [6, 6.07) is 13.4. The van der Waals surface area contributed by atoms with Crippen LogP contribution in [-0.2, 0) is 11.3 Å². The van der Waals surface area contributed by atoms with Crippen molar-refractivity contribution in [1.29, 1.82) is 0 Å². The van der Waals surface area contributed by atoms with Crippen molar-refractivity contribution in [3.05, 3.63) is 75.6 Å². The number of ether oxygens (including phenoxy) is 1. The van der Waals surface area contributed by atoms with Crippen LogP contribution in [0.5, 0.6) is 0 Å². The summed E-state index contributed by atoms with van der Waals surface area (Å²) in [6.45, 7) is 5.89. The Hall–Kier alpha value is -2.66. The fourth-order valence-corrected chi connectivity index (χ4v) is 2.67. The summed E-state index contributed by atoms with van der Waals surface area (Å²) in [5.74, 6) is -0.497. The van der Waals surface area contributed by atoms with Crippen molar-refractivity contribution in [3.63, 3.8) is 0 Å². The van der Waals surface area contributed by atoms with E-state index in [1.165, 1.54) is 0 Å². The highest BCUT2D eigenvalue weighted by Gasteiger charge is 2.19. The summed E-state index contributed by atoms with van der Waals surface area (Å²) in [6.07, 6.45) is 0. The Morgan fingerprint density at radius 1 is 1.16 bits per heavy atom. The van der Waals surface area contributed by atoms with E-state index in [0.717, 1.165) is 22.4 Å². The molecule has 3 rings (SSSR count). The molecule has 1 aromatic heterocycles. The summed E-state index contributed by atoms with van der Waals surface area (Å²) >= 11 is 6.16. The van der Waals surface area contributed by atoms with Gasteiger partial charge in [0, 0.05) is 5.02 Å². The van der Waals surface area contributed by atoms with Crippen LogP contribution in [0, 0.1) is 20.8 Å². The maximum Gasteiger partial charge on any atom is 0.361 e. The summed E-state index contributed by atoms with van der Waals surface area (Å²) < 4.78 is 6.94. The lowest BCUT2D eigenvalue weighted by Gasteiger charge is -2.06. The van der Waals surface area contributed by atoms with Gasteiger partial charge in [-0.2, -0.15) is 0 Å². The molecule has 0 radical (unpaired) electrons. The molecule has 0 aliphatic carbocycles. The molecule has 3 aromatic rings. The van der Waals surface area contributed by atoms with E-state index in [0.29, 0.717) is 10.7 Å². The monoisotopic (exact) mass is 355 g/mol. The molecule has 0 saturated heterocycles. The van der Waals surface area contributed by atoms with Gasteiger partial charge in [0.25, 0.3) is 0 Å². The molecule has 128 valence electrons. The van der Waals surface area contributed by atoms with Gasteiger partial charge >= 0.3 is 5.97 Å². The van der Waals surface area contributed by atoms with Crippen molar-refractivity contribution in [2.45, 2.75) is 27.4 Å². The summed E-state index contributed by atoms with van der Waals surface area (Å²) in [5, 5.41) is 8.66. The van der Waals surface area contributed by atoms with Gasteiger partial charge in [0.15, 0.2) is 5.69 Å². The molecule has 0 atom stereocenters. The third-order valence-corrected chi connectivity index (χ3v) is 4.35. The number of esters is 1. The molecule has 0 aliphatic heterocycles. The second-order valence-corrected chi connectivity index (χ2v) is 6.34. The van der Waals surface area contributed by atoms with Gasteiger partial charge in [-0.15, -0.1) is 5.10 Å². The van der Waals surface area contributed by atoms with Gasteiger partial charge in [-0.1, -0.05) is 52.7 Å². The Labute approximate surface area is 151 Å². The van der Waals surface area contributed by atoms with E-state index in [1.807, 2.05) is 50.2 Å². The normalized spacial score (nSPS) is 10.7. The lowest BCUT2D eigenvalue weighted by Crippen LogP contribution is -2.08. The van der Waals surface area contributed by atoms with Crippen molar-refractivity contribution in [2.75, 3.05) is 0 Å². The van der Waals surface area contributed by atoms with Crippen LogP contribution in [0.1, 0.15) is 32.9 Å². The SMILES string of the molecule is Cc1cccc(COC(=O)c2nnn(-c3ccc(C)c(Cl)c3)c2C)c1. The van der Waals surface area contributed by atoms with Crippen LogP contribution in [0.4, 0.5) is 0 Å². The van der Waals surface area contributed by atoms with Gasteiger partial charge in [0.05, 0.1) is 11.4 Å². The molecule has 0 saturated carbocycles. The number of rotatable bonds is 4. The first-order chi connectivity index (χ1) is 12.0. The van der Waals surface area contributed by atoms with Crippen LogP contribution in [0.25, 0.3) is 5.69 Å². The van der Waals surface area contributed by atoms with Crippen LogP contribution in [0.2, 0.25) is 5.02 Å². The molecule has 0 fully saturated rings. The van der Waals surface area contributed by atoms with E-state index in [4.69, 9.17) is 16.3 Å². The number of nitrogens with zero attached hydrogens (tertiary/aromatic N) is 3. The first kappa shape index (κ1) is 17.2. The fraction of sp³-hybridized carbons (Fsp3) is 0.211. The van der Waals surface area contributed by atoms with E-state index >= 15 is 0 Å². The molecule has 2 aromatic carbocycles. The van der Waals surface area contributed by atoms with Crippen LogP contribution < -0.4 is 0 Å². The number of carbonyl (C=O) groups is 1. The Kier molecular flexibility index (Phi) is 4.86. The average molecular weight is 356 g/mol. The Bertz CT molecular complexity index is 934. The summed E-state index contributed by atoms with van der Waals surface area (Å²) in [5.41, 5.74) is 4.58. The van der Waals surface area contributed by atoms with Crippen molar-refractivity contribution in [1.82, 2.24) is 15.0 Å². The minimum atomic E-state index is -0.497. The Morgan fingerprint density at radius 2 is 1.96 bits per heavy atom. The quantitative estimate of drug-likeness (QED) is 0.658. The number of aryl methyl sites for hydroxylation is 2. The summed E-state index contributed by atoms with van der Waals surface area (Å²) in [7, 11) is 0. The molecule has 0 bridgehead atoms. The Morgan fingerprint density at radius 3 is 2.68 bits per heavy atom. The standard InChI is InChI=1S/C19H18ClN3O2/c1-12-5-4-6-15(9-12)11-25-19(24)18-14(3)23(22-21-18)16-8-7-13(2)17(20)10-16/h4-10H,11H2,1-3H3. The third kappa shape index (κ3) is 3.72. The number of aromatic nitrogens is 3. The lowest BCUT2D eigenvalue weighted by atomic mass is 10.1. The van der Waals surface area contributed by atoms with Crippen LogP contribution in [0.15, 0.2) is 42.5 Å². The van der Waals surface area contributed by atoms with Crippen molar-refractivity contribution < 1.29 is 9.53 Å². The minimum absolute atomic E-state index is 0.198. The smallest absolute Gasteiger partial charge is 0.361 e. The highest BCUT2D eigenvalue weighted by atomic mass is 35.5. The van der Waals surface area contributed by atoms with Crippen molar-refractivity contribution in [2.24, 2.45) is 0 Å². The first-order valence-electron chi connectivity index (χ1n) is 7.87. The molecule has 6 heteroatoms. The largest absolute Gasteiger partial charge is 0.456 e. The molecular weight excluding hydrogens is 338 g/mol. The first-order valence-corrected chi connectivity index (χ1v) is 8.25. The van der Waals surface area contributed by atoms with Gasteiger partial charge in [0.1, 0.15) is 6.61 Å². The van der Waals surface area contributed by atoms with Gasteiger partial charge < -0.3 is 4.74 Å². The molecule has 0 amide bonds. The van der Waals surface area contributed by atoms with E-state index in [-0.39, 0.29) is 12.3 Å². The maximum atomic E-state index is 12.3. The van der Waals surface area contributed by atoms with E-state index in [2.05, 4.69) is 10.3 Å². The minimum Gasteiger partial charge on any atom is -0.456 e. The second kappa shape index (κ2) is 7.07. The zero-order valence-corrected chi connectivity index (χ0v) is 15.0. The highest BCUT2D eigenvalue weighted by molar-refractivity contribution is 6.31. The highest BCUT2D eigenvalue weighted by Crippen LogP contribution is 2.21. The molecular formula is C19H18ClN3O2.